The van der Waals surface area contributed by atoms with Gasteiger partial charge in [0.05, 0.1) is 34.6 Å². The van der Waals surface area contributed by atoms with Gasteiger partial charge in [-0.25, -0.2) is 4.98 Å². The molecule has 1 aliphatic rings. The van der Waals surface area contributed by atoms with Gasteiger partial charge in [0.25, 0.3) is 0 Å². The Labute approximate surface area is 162 Å². The zero-order chi connectivity index (χ0) is 19.2. The van der Waals surface area contributed by atoms with Crippen molar-refractivity contribution in [3.05, 3.63) is 28.8 Å². The van der Waals surface area contributed by atoms with E-state index in [2.05, 4.69) is 31.2 Å². The van der Waals surface area contributed by atoms with Gasteiger partial charge >= 0.3 is 5.97 Å². The molecule has 5 N–H and O–H groups in total. The minimum absolute atomic E-state index is 0.0767. The number of anilines is 1. The molecule has 3 aromatic rings. The topological polar surface area (TPSA) is 142 Å². The average molecular weight is 435 g/mol. The minimum atomic E-state index is -1.15. The van der Waals surface area contributed by atoms with Gasteiger partial charge in [0, 0.05) is 23.2 Å². The lowest BCUT2D eigenvalue weighted by molar-refractivity contribution is -0.144. The molecule has 27 heavy (non-hydrogen) atoms. The zero-order valence-corrected chi connectivity index (χ0v) is 16.0. The summed E-state index contributed by atoms with van der Waals surface area (Å²) in [6, 6.07) is 0. The highest BCUT2D eigenvalue weighted by atomic mass is 79.9. The highest BCUT2D eigenvalue weighted by molar-refractivity contribution is 9.10. The number of halogens is 1. The van der Waals surface area contributed by atoms with Gasteiger partial charge < -0.3 is 15.9 Å². The van der Waals surface area contributed by atoms with Gasteiger partial charge in [0.2, 0.25) is 0 Å². The maximum absolute atomic E-state index is 11.0. The van der Waals surface area contributed by atoms with Gasteiger partial charge in [-0.3, -0.25) is 9.89 Å². The van der Waals surface area contributed by atoms with E-state index in [4.69, 9.17) is 15.8 Å². The van der Waals surface area contributed by atoms with Crippen molar-refractivity contribution in [1.82, 2.24) is 24.8 Å². The number of hydrogen-bond acceptors (Lipinski definition) is 6. The number of carbonyl (C=O) groups is 1. The second kappa shape index (κ2) is 6.61. The van der Waals surface area contributed by atoms with Crippen molar-refractivity contribution in [1.29, 1.82) is 0 Å². The number of carboxylic acid groups (broad SMARTS) is 1. The second-order valence-electron chi connectivity index (χ2n) is 7.05. The number of rotatable bonds is 4. The van der Waals surface area contributed by atoms with E-state index in [1.54, 1.807) is 23.1 Å². The van der Waals surface area contributed by atoms with Crippen LogP contribution in [0.25, 0.3) is 16.8 Å². The monoisotopic (exact) mass is 434 g/mol. The summed E-state index contributed by atoms with van der Waals surface area (Å²) in [6.45, 7) is 0. The van der Waals surface area contributed by atoms with Gasteiger partial charge in [-0.05, 0) is 41.6 Å². The van der Waals surface area contributed by atoms with Crippen LogP contribution in [0.2, 0.25) is 0 Å². The fraction of sp³-hybridized carbons (Fsp3) is 0.412. The van der Waals surface area contributed by atoms with E-state index >= 15 is 0 Å². The molecule has 1 fully saturated rings. The molecule has 0 aromatic carbocycles. The number of carboxylic acids is 1. The van der Waals surface area contributed by atoms with Crippen molar-refractivity contribution in [3.63, 3.8) is 0 Å². The molecule has 3 heterocycles. The molecule has 0 bridgehead atoms. The summed E-state index contributed by atoms with van der Waals surface area (Å²) in [5, 5.41) is 30.6. The molecule has 0 radical (unpaired) electrons. The Hall–Kier alpha value is -2.46. The summed E-state index contributed by atoms with van der Waals surface area (Å²) in [5.41, 5.74) is 8.26. The number of hydrogen-bond donors (Lipinski definition) is 4. The van der Waals surface area contributed by atoms with Crippen LogP contribution in [0, 0.1) is 0 Å². The van der Waals surface area contributed by atoms with E-state index in [0.29, 0.717) is 41.6 Å². The third kappa shape index (κ3) is 3.19. The summed E-state index contributed by atoms with van der Waals surface area (Å²) >= 11 is 3.54. The molecule has 0 aliphatic heterocycles. The molecule has 10 heteroatoms. The number of nitrogens with one attached hydrogen (secondary N) is 1. The molecule has 0 unspecified atom stereocenters. The van der Waals surface area contributed by atoms with Crippen LogP contribution < -0.4 is 5.73 Å². The summed E-state index contributed by atoms with van der Waals surface area (Å²) in [7, 11) is 0. The van der Waals surface area contributed by atoms with Crippen LogP contribution in [-0.2, 0) is 4.79 Å². The summed E-state index contributed by atoms with van der Waals surface area (Å²) in [5.74, 6) is -0.450. The van der Waals surface area contributed by atoms with Crippen molar-refractivity contribution in [2.75, 3.05) is 5.73 Å². The SMILES string of the molecule is Nc1c(Br)c(C2CCC(O)(CC(=O)O)CC2)nc2c(-c3cn[nH]c3)cnn12. The molecule has 142 valence electrons. The van der Waals surface area contributed by atoms with Crippen LogP contribution in [0.1, 0.15) is 43.7 Å². The van der Waals surface area contributed by atoms with Crippen molar-refractivity contribution >= 4 is 33.4 Å². The van der Waals surface area contributed by atoms with E-state index in [1.165, 1.54) is 0 Å². The molecule has 4 rings (SSSR count). The highest BCUT2D eigenvalue weighted by Crippen LogP contribution is 2.42. The van der Waals surface area contributed by atoms with Crippen LogP contribution >= 0.6 is 15.9 Å². The molecule has 0 saturated heterocycles. The molecule has 0 atom stereocenters. The molecule has 0 spiro atoms. The second-order valence-corrected chi connectivity index (χ2v) is 7.84. The zero-order valence-electron chi connectivity index (χ0n) is 14.4. The summed E-state index contributed by atoms with van der Waals surface area (Å²) < 4.78 is 2.27. The number of nitrogen functional groups attached to an aromatic ring is 1. The molecule has 0 amide bonds. The predicted octanol–water partition coefficient (Wildman–Crippen LogP) is 2.33. The number of fused-ring (bicyclic) bond motifs is 1. The van der Waals surface area contributed by atoms with E-state index in [9.17, 15) is 9.90 Å². The summed E-state index contributed by atoms with van der Waals surface area (Å²) in [4.78, 5) is 15.8. The molecular formula is C17H19BrN6O3. The third-order valence-electron chi connectivity index (χ3n) is 5.24. The van der Waals surface area contributed by atoms with E-state index < -0.39 is 11.6 Å². The normalized spacial score (nSPS) is 23.0. The highest BCUT2D eigenvalue weighted by Gasteiger charge is 2.37. The lowest BCUT2D eigenvalue weighted by Crippen LogP contribution is -2.36. The lowest BCUT2D eigenvalue weighted by atomic mass is 9.76. The quantitative estimate of drug-likeness (QED) is 0.493. The van der Waals surface area contributed by atoms with Crippen LogP contribution in [0.4, 0.5) is 5.82 Å². The van der Waals surface area contributed by atoms with Gasteiger partial charge in [-0.15, -0.1) is 0 Å². The van der Waals surface area contributed by atoms with Crippen LogP contribution in [0.3, 0.4) is 0 Å². The first-order chi connectivity index (χ1) is 12.9. The smallest absolute Gasteiger partial charge is 0.306 e. The van der Waals surface area contributed by atoms with Gasteiger partial charge in [0.15, 0.2) is 5.65 Å². The van der Waals surface area contributed by atoms with E-state index in [-0.39, 0.29) is 12.3 Å². The minimum Gasteiger partial charge on any atom is -0.481 e. The van der Waals surface area contributed by atoms with E-state index in [0.717, 1.165) is 16.8 Å². The molecule has 3 aromatic heterocycles. The van der Waals surface area contributed by atoms with Crippen LogP contribution in [-0.4, -0.2) is 46.6 Å². The van der Waals surface area contributed by atoms with Crippen LogP contribution in [0.5, 0.6) is 0 Å². The van der Waals surface area contributed by atoms with Crippen molar-refractivity contribution in [3.8, 4) is 11.1 Å². The number of aromatic nitrogens is 5. The van der Waals surface area contributed by atoms with Gasteiger partial charge in [0.1, 0.15) is 5.82 Å². The number of H-pyrrole nitrogens is 1. The number of nitrogens with two attached hydrogens (primary N) is 1. The first-order valence-corrected chi connectivity index (χ1v) is 9.43. The Bertz CT molecular complexity index is 992. The van der Waals surface area contributed by atoms with Gasteiger partial charge in [-0.1, -0.05) is 0 Å². The number of aromatic amines is 1. The summed E-state index contributed by atoms with van der Waals surface area (Å²) in [6.07, 6.45) is 7.04. The predicted molar refractivity (Wildman–Crippen MR) is 101 cm³/mol. The van der Waals surface area contributed by atoms with Crippen molar-refractivity contribution < 1.29 is 15.0 Å². The Morgan fingerprint density at radius 3 is 2.78 bits per heavy atom. The maximum atomic E-state index is 11.0. The standard InChI is InChI=1S/C17H19BrN6O3/c18-13-14(9-1-3-17(27,4-2-9)5-12(25)26)23-16-11(10-6-20-21-7-10)8-22-24(16)15(13)19/h6-9,27H,1-5,19H2,(H,20,21)(H,25,26). The largest absolute Gasteiger partial charge is 0.481 e. The third-order valence-corrected chi connectivity index (χ3v) is 6.05. The van der Waals surface area contributed by atoms with Crippen LogP contribution in [0.15, 0.2) is 23.1 Å². The van der Waals surface area contributed by atoms with Gasteiger partial charge in [-0.2, -0.15) is 14.7 Å². The Morgan fingerprint density at radius 1 is 1.41 bits per heavy atom. The van der Waals surface area contributed by atoms with Crippen molar-refractivity contribution in [2.24, 2.45) is 0 Å². The lowest BCUT2D eigenvalue weighted by Gasteiger charge is -2.35. The van der Waals surface area contributed by atoms with Crippen molar-refractivity contribution in [2.45, 2.75) is 43.6 Å². The fourth-order valence-electron chi connectivity index (χ4n) is 3.77. The molecule has 1 aliphatic carbocycles. The fourth-order valence-corrected chi connectivity index (χ4v) is 4.35. The number of aliphatic carboxylic acids is 1. The average Bonchev–Trinajstić information content (AvgIpc) is 3.27. The molecular weight excluding hydrogens is 416 g/mol. The Balaban J connectivity index is 1.69. The maximum Gasteiger partial charge on any atom is 0.306 e. The Morgan fingerprint density at radius 2 is 2.15 bits per heavy atom. The molecule has 9 nitrogen and oxygen atoms in total. The molecule has 1 saturated carbocycles. The number of nitrogens with zero attached hydrogens (tertiary/aromatic N) is 4. The Kier molecular flexibility index (Phi) is 4.39. The first kappa shape index (κ1) is 17.9. The number of aliphatic hydroxyl groups is 1. The first-order valence-electron chi connectivity index (χ1n) is 8.64. The van der Waals surface area contributed by atoms with E-state index in [1.807, 2.05) is 0 Å².